The maximum absolute atomic E-state index is 11.7. The summed E-state index contributed by atoms with van der Waals surface area (Å²) < 4.78 is 0. The minimum absolute atomic E-state index is 0.0608. The molecule has 1 aromatic heterocycles. The van der Waals surface area contributed by atoms with Crippen LogP contribution in [0.25, 0.3) is 0 Å². The number of nitrogens with zero attached hydrogens (tertiary/aromatic N) is 3. The summed E-state index contributed by atoms with van der Waals surface area (Å²) in [7, 11) is 1.68. The molecule has 20 heavy (non-hydrogen) atoms. The molecule has 1 atom stereocenters. The van der Waals surface area contributed by atoms with E-state index in [2.05, 4.69) is 25.6 Å². The third kappa shape index (κ3) is 3.64. The number of nitrogens with two attached hydrogens (primary N) is 1. The van der Waals surface area contributed by atoms with E-state index in [1.54, 1.807) is 13.1 Å². The van der Waals surface area contributed by atoms with E-state index in [4.69, 9.17) is 5.84 Å². The van der Waals surface area contributed by atoms with Gasteiger partial charge in [0.1, 0.15) is 11.6 Å². The van der Waals surface area contributed by atoms with Crippen molar-refractivity contribution in [1.29, 1.82) is 0 Å². The minimum atomic E-state index is 0.0608. The van der Waals surface area contributed by atoms with Crippen molar-refractivity contribution in [2.75, 3.05) is 25.6 Å². The van der Waals surface area contributed by atoms with E-state index in [1.807, 2.05) is 6.92 Å². The first-order chi connectivity index (χ1) is 9.62. The molecule has 0 aliphatic carbocycles. The number of nitrogen functional groups attached to an aromatic ring is 1. The quantitative estimate of drug-likeness (QED) is 0.531. The average molecular weight is 278 g/mol. The second kappa shape index (κ2) is 6.62. The van der Waals surface area contributed by atoms with Crippen molar-refractivity contribution < 1.29 is 4.79 Å². The topological polar surface area (TPSA) is 96.2 Å². The standard InChI is InChI=1S/C13H22N6O/c1-9-6-11(18-14)17-12(16-9)8-19-5-3-4-10(7-19)13(20)15-2/h6,10H,3-5,7-8,14H2,1-2H3,(H,15,20)(H,16,17,18). The van der Waals surface area contributed by atoms with Gasteiger partial charge < -0.3 is 10.7 Å². The molecule has 0 radical (unpaired) electrons. The van der Waals surface area contributed by atoms with Crippen molar-refractivity contribution in [3.63, 3.8) is 0 Å². The number of rotatable bonds is 4. The zero-order valence-corrected chi connectivity index (χ0v) is 12.0. The molecule has 0 aromatic carbocycles. The lowest BCUT2D eigenvalue weighted by Crippen LogP contribution is -2.42. The molecule has 0 bridgehead atoms. The molecule has 1 aromatic rings. The van der Waals surface area contributed by atoms with Gasteiger partial charge in [-0.3, -0.25) is 9.69 Å². The van der Waals surface area contributed by atoms with E-state index < -0.39 is 0 Å². The van der Waals surface area contributed by atoms with Gasteiger partial charge in [-0.1, -0.05) is 0 Å². The largest absolute Gasteiger partial charge is 0.359 e. The van der Waals surface area contributed by atoms with E-state index in [-0.39, 0.29) is 11.8 Å². The van der Waals surface area contributed by atoms with Gasteiger partial charge in [-0.15, -0.1) is 0 Å². The first kappa shape index (κ1) is 14.7. The maximum Gasteiger partial charge on any atom is 0.224 e. The predicted octanol–water partition coefficient (Wildman–Crippen LogP) is 0.0286. The normalized spacial score (nSPS) is 19.6. The van der Waals surface area contributed by atoms with E-state index in [0.717, 1.165) is 37.4 Å². The van der Waals surface area contributed by atoms with Crippen LogP contribution < -0.4 is 16.6 Å². The van der Waals surface area contributed by atoms with Crippen LogP contribution in [0.4, 0.5) is 5.82 Å². The fourth-order valence-corrected chi connectivity index (χ4v) is 2.59. The number of hydrogen-bond donors (Lipinski definition) is 3. The number of anilines is 1. The summed E-state index contributed by atoms with van der Waals surface area (Å²) in [6.45, 7) is 4.28. The van der Waals surface area contributed by atoms with Crippen molar-refractivity contribution in [1.82, 2.24) is 20.2 Å². The highest BCUT2D eigenvalue weighted by Crippen LogP contribution is 2.18. The van der Waals surface area contributed by atoms with E-state index >= 15 is 0 Å². The Bertz CT molecular complexity index is 478. The third-order valence-corrected chi connectivity index (χ3v) is 3.54. The highest BCUT2D eigenvalue weighted by atomic mass is 16.1. The van der Waals surface area contributed by atoms with Gasteiger partial charge in [0.25, 0.3) is 0 Å². The zero-order valence-electron chi connectivity index (χ0n) is 12.0. The van der Waals surface area contributed by atoms with Crippen LogP contribution in [-0.4, -0.2) is 40.9 Å². The van der Waals surface area contributed by atoms with Gasteiger partial charge in [-0.05, 0) is 26.3 Å². The highest BCUT2D eigenvalue weighted by Gasteiger charge is 2.25. The molecule has 7 nitrogen and oxygen atoms in total. The molecule has 1 unspecified atom stereocenters. The van der Waals surface area contributed by atoms with Crippen LogP contribution in [0.15, 0.2) is 6.07 Å². The number of hydrogen-bond acceptors (Lipinski definition) is 6. The fourth-order valence-electron chi connectivity index (χ4n) is 2.59. The number of carbonyl (C=O) groups is 1. The molecule has 2 rings (SSSR count). The number of piperidine rings is 1. The molecule has 110 valence electrons. The summed E-state index contributed by atoms with van der Waals surface area (Å²) in [4.78, 5) is 22.7. The molecule has 1 fully saturated rings. The Morgan fingerprint density at radius 3 is 3.05 bits per heavy atom. The Balaban J connectivity index is 2.02. The molecule has 1 aliphatic rings. The number of aromatic nitrogens is 2. The monoisotopic (exact) mass is 278 g/mol. The third-order valence-electron chi connectivity index (χ3n) is 3.54. The van der Waals surface area contributed by atoms with Crippen LogP contribution in [0.2, 0.25) is 0 Å². The van der Waals surface area contributed by atoms with E-state index in [1.165, 1.54) is 0 Å². The highest BCUT2D eigenvalue weighted by molar-refractivity contribution is 5.78. The molecule has 2 heterocycles. The number of nitrogens with one attached hydrogen (secondary N) is 2. The lowest BCUT2D eigenvalue weighted by Gasteiger charge is -2.31. The van der Waals surface area contributed by atoms with E-state index in [0.29, 0.717) is 12.4 Å². The first-order valence-electron chi connectivity index (χ1n) is 6.87. The number of hydrazine groups is 1. The molecule has 7 heteroatoms. The molecule has 0 spiro atoms. The zero-order chi connectivity index (χ0) is 14.5. The second-order valence-corrected chi connectivity index (χ2v) is 5.14. The summed E-state index contributed by atoms with van der Waals surface area (Å²) in [5.41, 5.74) is 3.43. The van der Waals surface area contributed by atoms with Crippen LogP contribution in [0, 0.1) is 12.8 Å². The second-order valence-electron chi connectivity index (χ2n) is 5.14. The Kier molecular flexibility index (Phi) is 4.86. The van der Waals surface area contributed by atoms with Crippen molar-refractivity contribution in [2.45, 2.75) is 26.3 Å². The van der Waals surface area contributed by atoms with Crippen LogP contribution in [0.3, 0.4) is 0 Å². The summed E-state index contributed by atoms with van der Waals surface area (Å²) in [5, 5.41) is 2.72. The SMILES string of the molecule is CNC(=O)C1CCCN(Cc2nc(C)cc(NN)n2)C1. The number of amides is 1. The van der Waals surface area contributed by atoms with Gasteiger partial charge in [0.15, 0.2) is 0 Å². The Morgan fingerprint density at radius 2 is 2.35 bits per heavy atom. The Morgan fingerprint density at radius 1 is 1.55 bits per heavy atom. The fraction of sp³-hybridized carbons (Fsp3) is 0.615. The van der Waals surface area contributed by atoms with Crippen molar-refractivity contribution >= 4 is 11.7 Å². The smallest absolute Gasteiger partial charge is 0.224 e. The molecular weight excluding hydrogens is 256 g/mol. The van der Waals surface area contributed by atoms with Crippen LogP contribution in [-0.2, 0) is 11.3 Å². The Labute approximate surface area is 118 Å². The van der Waals surface area contributed by atoms with Crippen molar-refractivity contribution in [3.8, 4) is 0 Å². The molecule has 4 N–H and O–H groups in total. The number of carbonyl (C=O) groups excluding carboxylic acids is 1. The van der Waals surface area contributed by atoms with Crippen molar-refractivity contribution in [2.24, 2.45) is 11.8 Å². The summed E-state index contributed by atoms with van der Waals surface area (Å²) >= 11 is 0. The molecular formula is C13H22N6O. The molecule has 1 saturated heterocycles. The van der Waals surface area contributed by atoms with Gasteiger partial charge in [0.2, 0.25) is 5.91 Å². The summed E-state index contributed by atoms with van der Waals surface area (Å²) in [6.07, 6.45) is 1.96. The Hall–Kier alpha value is -1.73. The van der Waals surface area contributed by atoms with Crippen LogP contribution in [0.5, 0.6) is 0 Å². The minimum Gasteiger partial charge on any atom is -0.359 e. The van der Waals surface area contributed by atoms with Gasteiger partial charge in [-0.25, -0.2) is 15.8 Å². The number of likely N-dealkylation sites (tertiary alicyclic amines) is 1. The lowest BCUT2D eigenvalue weighted by atomic mass is 9.97. The van der Waals surface area contributed by atoms with Crippen LogP contribution in [0.1, 0.15) is 24.4 Å². The average Bonchev–Trinajstić information content (AvgIpc) is 2.46. The van der Waals surface area contributed by atoms with Gasteiger partial charge in [-0.2, -0.15) is 0 Å². The van der Waals surface area contributed by atoms with Gasteiger partial charge >= 0.3 is 0 Å². The number of aryl methyl sites for hydroxylation is 1. The lowest BCUT2D eigenvalue weighted by molar-refractivity contribution is -0.126. The first-order valence-corrected chi connectivity index (χ1v) is 6.87. The van der Waals surface area contributed by atoms with E-state index in [9.17, 15) is 4.79 Å². The van der Waals surface area contributed by atoms with Crippen LogP contribution >= 0.6 is 0 Å². The summed E-state index contributed by atoms with van der Waals surface area (Å²) in [6, 6.07) is 1.80. The molecule has 1 amide bonds. The molecule has 0 saturated carbocycles. The van der Waals surface area contributed by atoms with Gasteiger partial charge in [0, 0.05) is 25.4 Å². The molecule has 1 aliphatic heterocycles. The summed E-state index contributed by atoms with van der Waals surface area (Å²) in [5.74, 6) is 6.92. The maximum atomic E-state index is 11.7. The van der Waals surface area contributed by atoms with Crippen molar-refractivity contribution in [3.05, 3.63) is 17.6 Å². The predicted molar refractivity (Wildman–Crippen MR) is 76.6 cm³/mol. The van der Waals surface area contributed by atoms with Gasteiger partial charge in [0.05, 0.1) is 12.5 Å².